The number of benzene rings is 9. The fourth-order valence-electron chi connectivity index (χ4n) is 7.43. The Morgan fingerprint density at radius 1 is 0.160 bits per heavy atom. The van der Waals surface area contributed by atoms with Gasteiger partial charge in [-0.05, 0) is 113 Å². The third-order valence-corrected chi connectivity index (χ3v) is 9.85. The first-order valence-electron chi connectivity index (χ1n) is 17.3. The zero-order chi connectivity index (χ0) is 33.3. The largest absolute Gasteiger partial charge is 0.0622 e. The van der Waals surface area contributed by atoms with Crippen LogP contribution in [0.3, 0.4) is 0 Å². The lowest BCUT2D eigenvalue weighted by Gasteiger charge is -2.19. The van der Waals surface area contributed by atoms with Crippen LogP contribution in [0.5, 0.6) is 0 Å². The predicted octanol–water partition coefficient (Wildman–Crippen LogP) is 14.0. The predicted molar refractivity (Wildman–Crippen MR) is 214 cm³/mol. The maximum atomic E-state index is 2.39. The maximum Gasteiger partial charge on any atom is -0.00262 e. The molecule has 0 bridgehead atoms. The zero-order valence-electron chi connectivity index (χ0n) is 27.6. The second-order valence-electron chi connectivity index (χ2n) is 12.9. The van der Waals surface area contributed by atoms with E-state index in [9.17, 15) is 0 Å². The smallest absolute Gasteiger partial charge is 0.00262 e. The van der Waals surface area contributed by atoms with Crippen LogP contribution in [-0.2, 0) is 0 Å². The normalized spacial score (nSPS) is 11.2. The second kappa shape index (κ2) is 12.8. The Hall–Kier alpha value is -6.50. The minimum absolute atomic E-state index is 1.20. The van der Waals surface area contributed by atoms with Crippen molar-refractivity contribution in [2.45, 2.75) is 0 Å². The Morgan fingerprint density at radius 3 is 0.940 bits per heavy atom. The first kappa shape index (κ1) is 29.6. The summed E-state index contributed by atoms with van der Waals surface area (Å²) in [5.74, 6) is 0. The van der Waals surface area contributed by atoms with Gasteiger partial charge in [0.25, 0.3) is 0 Å². The molecule has 0 atom stereocenters. The monoisotopic (exact) mass is 634 g/mol. The molecule has 0 heteroatoms. The van der Waals surface area contributed by atoms with Crippen LogP contribution in [0.4, 0.5) is 0 Å². The summed E-state index contributed by atoms with van der Waals surface area (Å²) in [5.41, 5.74) is 14.7. The summed E-state index contributed by atoms with van der Waals surface area (Å²) < 4.78 is 0. The van der Waals surface area contributed by atoms with E-state index in [-0.39, 0.29) is 0 Å². The summed E-state index contributed by atoms with van der Waals surface area (Å²) in [7, 11) is 0. The Kier molecular flexibility index (Phi) is 7.61. The van der Waals surface area contributed by atoms with Gasteiger partial charge in [0.05, 0.1) is 0 Å². The van der Waals surface area contributed by atoms with E-state index in [1.54, 1.807) is 0 Å². The first-order valence-corrected chi connectivity index (χ1v) is 17.3. The van der Waals surface area contributed by atoms with Crippen LogP contribution in [0.1, 0.15) is 0 Å². The van der Waals surface area contributed by atoms with Gasteiger partial charge in [-0.15, -0.1) is 0 Å². The van der Waals surface area contributed by atoms with Gasteiger partial charge in [0.15, 0.2) is 0 Å². The molecule has 0 unspecified atom stereocenters. The average Bonchev–Trinajstić information content (AvgIpc) is 3.21. The molecule has 0 fully saturated rings. The van der Waals surface area contributed by atoms with E-state index in [1.807, 2.05) is 0 Å². The van der Waals surface area contributed by atoms with Gasteiger partial charge in [-0.3, -0.25) is 0 Å². The van der Waals surface area contributed by atoms with Crippen molar-refractivity contribution in [1.29, 1.82) is 0 Å². The summed E-state index contributed by atoms with van der Waals surface area (Å²) in [6, 6.07) is 74.9. The third-order valence-electron chi connectivity index (χ3n) is 9.85. The molecule has 0 aliphatic heterocycles. The number of hydrogen-bond donors (Lipinski definition) is 0. The molecular weight excluding hydrogens is 601 g/mol. The highest BCUT2D eigenvalue weighted by molar-refractivity contribution is 6.22. The summed E-state index contributed by atoms with van der Waals surface area (Å²) >= 11 is 0. The molecule has 0 aromatic heterocycles. The minimum Gasteiger partial charge on any atom is -0.0622 e. The highest BCUT2D eigenvalue weighted by Crippen LogP contribution is 2.45. The molecule has 0 aliphatic rings. The van der Waals surface area contributed by atoms with E-state index in [0.717, 1.165) is 0 Å². The van der Waals surface area contributed by atoms with Crippen molar-refractivity contribution in [3.63, 3.8) is 0 Å². The minimum atomic E-state index is 1.20. The van der Waals surface area contributed by atoms with Crippen LogP contribution in [0.15, 0.2) is 206 Å². The number of fused-ring (bicyclic) bond motifs is 2. The van der Waals surface area contributed by atoms with Gasteiger partial charge >= 0.3 is 0 Å². The molecule has 0 radical (unpaired) electrons. The van der Waals surface area contributed by atoms with E-state index in [1.165, 1.54) is 88.3 Å². The van der Waals surface area contributed by atoms with E-state index in [2.05, 4.69) is 206 Å². The lowest BCUT2D eigenvalue weighted by molar-refractivity contribution is 1.56. The van der Waals surface area contributed by atoms with Gasteiger partial charge in [-0.2, -0.15) is 0 Å². The van der Waals surface area contributed by atoms with Crippen molar-refractivity contribution in [3.8, 4) is 66.8 Å². The summed E-state index contributed by atoms with van der Waals surface area (Å²) in [4.78, 5) is 0. The Labute approximate surface area is 293 Å². The molecule has 0 aliphatic carbocycles. The van der Waals surface area contributed by atoms with Crippen molar-refractivity contribution in [1.82, 2.24) is 0 Å². The maximum absolute atomic E-state index is 2.39. The van der Waals surface area contributed by atoms with Gasteiger partial charge < -0.3 is 0 Å². The molecule has 9 aromatic carbocycles. The molecule has 0 saturated carbocycles. The molecule has 234 valence electrons. The van der Waals surface area contributed by atoms with E-state index < -0.39 is 0 Å². The zero-order valence-corrected chi connectivity index (χ0v) is 27.6. The van der Waals surface area contributed by atoms with Crippen molar-refractivity contribution < 1.29 is 0 Å². The van der Waals surface area contributed by atoms with Crippen LogP contribution >= 0.6 is 0 Å². The van der Waals surface area contributed by atoms with E-state index >= 15 is 0 Å². The van der Waals surface area contributed by atoms with Crippen molar-refractivity contribution in [3.05, 3.63) is 206 Å². The number of hydrogen-bond acceptors (Lipinski definition) is 0. The van der Waals surface area contributed by atoms with E-state index in [0.29, 0.717) is 0 Å². The van der Waals surface area contributed by atoms with Crippen LogP contribution in [0.2, 0.25) is 0 Å². The molecule has 9 aromatic rings. The van der Waals surface area contributed by atoms with Gasteiger partial charge in [0, 0.05) is 0 Å². The standard InChI is InChI=1S/C50H34/c1-5-15-35(16-6-1)41-29-30-47-48(34-41)50(39-21-11-4-12-22-39)46-24-14-13-23-45(46)49(47)40-27-25-38(26-28-40)44-32-42(36-17-7-2-8-18-36)31-43(33-44)37-19-9-3-10-20-37/h1-34H. The molecule has 50 heavy (non-hydrogen) atoms. The SMILES string of the molecule is c1ccc(-c2cc(-c3ccccc3)cc(-c3ccc(-c4c5ccccc5c(-c5ccccc5)c5cc(-c6ccccc6)ccc45)cc3)c2)cc1. The van der Waals surface area contributed by atoms with Gasteiger partial charge in [-0.1, -0.05) is 182 Å². The van der Waals surface area contributed by atoms with E-state index in [4.69, 9.17) is 0 Å². The highest BCUT2D eigenvalue weighted by atomic mass is 14.2. The average molecular weight is 635 g/mol. The Balaban J connectivity index is 1.23. The third kappa shape index (κ3) is 5.48. The second-order valence-corrected chi connectivity index (χ2v) is 12.9. The van der Waals surface area contributed by atoms with Gasteiger partial charge in [0.2, 0.25) is 0 Å². The summed E-state index contributed by atoms with van der Waals surface area (Å²) in [6.45, 7) is 0. The van der Waals surface area contributed by atoms with Gasteiger partial charge in [0.1, 0.15) is 0 Å². The summed E-state index contributed by atoms with van der Waals surface area (Å²) in [5, 5.41) is 5.04. The molecule has 0 N–H and O–H groups in total. The molecule has 0 nitrogen and oxygen atoms in total. The van der Waals surface area contributed by atoms with Crippen molar-refractivity contribution in [2.75, 3.05) is 0 Å². The fraction of sp³-hybridized carbons (Fsp3) is 0. The first-order chi connectivity index (χ1) is 24.8. The number of rotatable bonds is 6. The highest BCUT2D eigenvalue weighted by Gasteiger charge is 2.18. The lowest BCUT2D eigenvalue weighted by atomic mass is 9.84. The molecular formula is C50H34. The van der Waals surface area contributed by atoms with Gasteiger partial charge in [-0.25, -0.2) is 0 Å². The Bertz CT molecular complexity index is 2530. The molecule has 0 spiro atoms. The Morgan fingerprint density at radius 2 is 0.460 bits per heavy atom. The molecule has 0 heterocycles. The van der Waals surface area contributed by atoms with Crippen LogP contribution < -0.4 is 0 Å². The van der Waals surface area contributed by atoms with Crippen LogP contribution in [0, 0.1) is 0 Å². The fourth-order valence-corrected chi connectivity index (χ4v) is 7.43. The quantitative estimate of drug-likeness (QED) is 0.160. The van der Waals surface area contributed by atoms with Crippen LogP contribution in [-0.4, -0.2) is 0 Å². The van der Waals surface area contributed by atoms with Crippen molar-refractivity contribution >= 4 is 21.5 Å². The lowest BCUT2D eigenvalue weighted by Crippen LogP contribution is -1.92. The molecule has 0 amide bonds. The van der Waals surface area contributed by atoms with Crippen LogP contribution in [0.25, 0.3) is 88.3 Å². The molecule has 0 saturated heterocycles. The summed E-state index contributed by atoms with van der Waals surface area (Å²) in [6.07, 6.45) is 0. The van der Waals surface area contributed by atoms with Crippen molar-refractivity contribution in [2.24, 2.45) is 0 Å². The molecule has 9 rings (SSSR count). The topological polar surface area (TPSA) is 0 Å².